The molecule has 1 saturated carbocycles. The standard InChI is InChI=1S/C16H25NO2/c1-11-7-12(2)16(15(17)8-11)19-14-6-4-5-13(9-14)10-18-3/h4-6,9,11-12,15-16H,7-8,10,17H2,1-3H3. The predicted molar refractivity (Wildman–Crippen MR) is 77.1 cm³/mol. The molecular formula is C16H25NO2. The zero-order valence-electron chi connectivity index (χ0n) is 12.1. The highest BCUT2D eigenvalue weighted by atomic mass is 16.5. The molecule has 0 aliphatic heterocycles. The van der Waals surface area contributed by atoms with Gasteiger partial charge in [-0.15, -0.1) is 0 Å². The van der Waals surface area contributed by atoms with Crippen LogP contribution in [0.3, 0.4) is 0 Å². The topological polar surface area (TPSA) is 44.5 Å². The minimum absolute atomic E-state index is 0.119. The molecule has 19 heavy (non-hydrogen) atoms. The van der Waals surface area contributed by atoms with Crippen LogP contribution in [0.25, 0.3) is 0 Å². The Morgan fingerprint density at radius 1 is 1.26 bits per heavy atom. The van der Waals surface area contributed by atoms with Crippen molar-refractivity contribution in [1.82, 2.24) is 0 Å². The molecule has 3 heteroatoms. The monoisotopic (exact) mass is 263 g/mol. The Balaban J connectivity index is 2.05. The minimum atomic E-state index is 0.119. The van der Waals surface area contributed by atoms with Crippen LogP contribution in [0.2, 0.25) is 0 Å². The molecule has 3 nitrogen and oxygen atoms in total. The average molecular weight is 263 g/mol. The summed E-state index contributed by atoms with van der Waals surface area (Å²) in [5.41, 5.74) is 7.38. The predicted octanol–water partition coefficient (Wildman–Crippen LogP) is 2.97. The Morgan fingerprint density at radius 3 is 2.74 bits per heavy atom. The van der Waals surface area contributed by atoms with E-state index < -0.39 is 0 Å². The summed E-state index contributed by atoms with van der Waals surface area (Å²) in [4.78, 5) is 0. The summed E-state index contributed by atoms with van der Waals surface area (Å²) in [5, 5.41) is 0. The molecule has 1 aliphatic carbocycles. The van der Waals surface area contributed by atoms with E-state index in [1.165, 1.54) is 6.42 Å². The Bertz CT molecular complexity index is 395. The molecule has 1 aromatic rings. The summed E-state index contributed by atoms with van der Waals surface area (Å²) < 4.78 is 11.3. The molecule has 0 heterocycles. The Kier molecular flexibility index (Phi) is 4.83. The molecule has 0 amide bonds. The smallest absolute Gasteiger partial charge is 0.120 e. The molecule has 1 aliphatic rings. The summed E-state index contributed by atoms with van der Waals surface area (Å²) >= 11 is 0. The third kappa shape index (κ3) is 3.71. The highest BCUT2D eigenvalue weighted by Crippen LogP contribution is 2.31. The molecule has 2 rings (SSSR count). The van der Waals surface area contributed by atoms with Crippen LogP contribution in [-0.4, -0.2) is 19.3 Å². The Morgan fingerprint density at radius 2 is 2.05 bits per heavy atom. The molecule has 1 fully saturated rings. The van der Waals surface area contributed by atoms with Gasteiger partial charge in [0.15, 0.2) is 0 Å². The van der Waals surface area contributed by atoms with Gasteiger partial charge in [-0.1, -0.05) is 26.0 Å². The van der Waals surface area contributed by atoms with Gasteiger partial charge in [0, 0.05) is 13.2 Å². The molecule has 0 bridgehead atoms. The molecule has 106 valence electrons. The lowest BCUT2D eigenvalue weighted by atomic mass is 9.78. The van der Waals surface area contributed by atoms with Crippen molar-refractivity contribution in [2.45, 2.75) is 45.4 Å². The lowest BCUT2D eigenvalue weighted by Gasteiger charge is -2.37. The van der Waals surface area contributed by atoms with Gasteiger partial charge in [-0.3, -0.25) is 0 Å². The molecule has 2 N–H and O–H groups in total. The van der Waals surface area contributed by atoms with Gasteiger partial charge in [0.05, 0.1) is 6.61 Å². The first kappa shape index (κ1) is 14.4. The zero-order valence-corrected chi connectivity index (χ0v) is 12.1. The van der Waals surface area contributed by atoms with E-state index in [9.17, 15) is 0 Å². The van der Waals surface area contributed by atoms with E-state index >= 15 is 0 Å². The van der Waals surface area contributed by atoms with Gasteiger partial charge >= 0.3 is 0 Å². The van der Waals surface area contributed by atoms with Gasteiger partial charge in [0.25, 0.3) is 0 Å². The highest BCUT2D eigenvalue weighted by molar-refractivity contribution is 5.28. The van der Waals surface area contributed by atoms with Crippen LogP contribution in [0, 0.1) is 11.8 Å². The first-order chi connectivity index (χ1) is 9.10. The molecule has 1 aromatic carbocycles. The number of methoxy groups -OCH3 is 1. The number of hydrogen-bond acceptors (Lipinski definition) is 3. The summed E-state index contributed by atoms with van der Waals surface area (Å²) in [6.45, 7) is 5.12. The van der Waals surface area contributed by atoms with Crippen molar-refractivity contribution in [2.24, 2.45) is 17.6 Å². The fourth-order valence-corrected chi connectivity index (χ4v) is 3.12. The number of hydrogen-bond donors (Lipinski definition) is 1. The van der Waals surface area contributed by atoms with Crippen LogP contribution < -0.4 is 10.5 Å². The van der Waals surface area contributed by atoms with E-state index in [4.69, 9.17) is 15.2 Å². The van der Waals surface area contributed by atoms with Gasteiger partial charge in [-0.2, -0.15) is 0 Å². The third-order valence-corrected chi connectivity index (χ3v) is 3.91. The van der Waals surface area contributed by atoms with Crippen molar-refractivity contribution >= 4 is 0 Å². The second-order valence-electron chi connectivity index (χ2n) is 5.88. The second kappa shape index (κ2) is 6.40. The molecule has 0 radical (unpaired) electrons. The van der Waals surface area contributed by atoms with Gasteiger partial charge in [-0.25, -0.2) is 0 Å². The van der Waals surface area contributed by atoms with Crippen molar-refractivity contribution in [3.05, 3.63) is 29.8 Å². The van der Waals surface area contributed by atoms with E-state index in [0.717, 1.165) is 17.7 Å². The normalized spacial score (nSPS) is 31.2. The van der Waals surface area contributed by atoms with Crippen molar-refractivity contribution in [2.75, 3.05) is 7.11 Å². The van der Waals surface area contributed by atoms with E-state index in [2.05, 4.69) is 13.8 Å². The fraction of sp³-hybridized carbons (Fsp3) is 0.625. The number of ether oxygens (including phenoxy) is 2. The Labute approximate surface area is 116 Å². The summed E-state index contributed by atoms with van der Waals surface area (Å²) in [7, 11) is 1.70. The summed E-state index contributed by atoms with van der Waals surface area (Å²) in [5.74, 6) is 2.10. The minimum Gasteiger partial charge on any atom is -0.489 e. The van der Waals surface area contributed by atoms with Gasteiger partial charge in [-0.05, 0) is 42.4 Å². The maximum atomic E-state index is 6.25. The van der Waals surface area contributed by atoms with Crippen LogP contribution in [-0.2, 0) is 11.3 Å². The van der Waals surface area contributed by atoms with E-state index in [1.54, 1.807) is 7.11 Å². The lowest BCUT2D eigenvalue weighted by Crippen LogP contribution is -2.48. The molecule has 0 saturated heterocycles. The van der Waals surface area contributed by atoms with Crippen LogP contribution >= 0.6 is 0 Å². The maximum absolute atomic E-state index is 6.25. The average Bonchev–Trinajstić information content (AvgIpc) is 2.35. The van der Waals surface area contributed by atoms with Gasteiger partial charge < -0.3 is 15.2 Å². The van der Waals surface area contributed by atoms with Crippen LogP contribution in [0.5, 0.6) is 5.75 Å². The van der Waals surface area contributed by atoms with E-state index in [1.807, 2.05) is 24.3 Å². The van der Waals surface area contributed by atoms with Crippen molar-refractivity contribution < 1.29 is 9.47 Å². The fourth-order valence-electron chi connectivity index (χ4n) is 3.12. The highest BCUT2D eigenvalue weighted by Gasteiger charge is 2.33. The number of benzene rings is 1. The number of rotatable bonds is 4. The summed E-state index contributed by atoms with van der Waals surface area (Å²) in [6.07, 6.45) is 2.36. The zero-order chi connectivity index (χ0) is 13.8. The first-order valence-electron chi connectivity index (χ1n) is 7.10. The molecule has 0 aromatic heterocycles. The molecule has 4 unspecified atom stereocenters. The van der Waals surface area contributed by atoms with Gasteiger partial charge in [0.2, 0.25) is 0 Å². The lowest BCUT2D eigenvalue weighted by molar-refractivity contribution is 0.0624. The number of nitrogens with two attached hydrogens (primary N) is 1. The molecular weight excluding hydrogens is 238 g/mol. The van der Waals surface area contributed by atoms with Crippen molar-refractivity contribution in [1.29, 1.82) is 0 Å². The SMILES string of the molecule is COCc1cccc(OC2C(C)CC(C)CC2N)c1. The summed E-state index contributed by atoms with van der Waals surface area (Å²) in [6, 6.07) is 8.22. The van der Waals surface area contributed by atoms with Crippen LogP contribution in [0.4, 0.5) is 0 Å². The first-order valence-corrected chi connectivity index (χ1v) is 7.10. The molecule has 4 atom stereocenters. The van der Waals surface area contributed by atoms with Crippen LogP contribution in [0.15, 0.2) is 24.3 Å². The quantitative estimate of drug-likeness (QED) is 0.908. The second-order valence-corrected chi connectivity index (χ2v) is 5.88. The van der Waals surface area contributed by atoms with Crippen LogP contribution in [0.1, 0.15) is 32.3 Å². The maximum Gasteiger partial charge on any atom is 0.120 e. The largest absolute Gasteiger partial charge is 0.489 e. The molecule has 0 spiro atoms. The third-order valence-electron chi connectivity index (χ3n) is 3.91. The van der Waals surface area contributed by atoms with Crippen molar-refractivity contribution in [3.63, 3.8) is 0 Å². The Hall–Kier alpha value is -1.06. The van der Waals surface area contributed by atoms with Gasteiger partial charge in [0.1, 0.15) is 11.9 Å². The van der Waals surface area contributed by atoms with E-state index in [0.29, 0.717) is 18.4 Å². The van der Waals surface area contributed by atoms with E-state index in [-0.39, 0.29) is 12.1 Å². The van der Waals surface area contributed by atoms with Crippen molar-refractivity contribution in [3.8, 4) is 5.75 Å².